The third-order valence-electron chi connectivity index (χ3n) is 4.21. The van der Waals surface area contributed by atoms with Crippen LogP contribution in [0.25, 0.3) is 0 Å². The van der Waals surface area contributed by atoms with Gasteiger partial charge in [0.1, 0.15) is 0 Å². The number of nitrogens with two attached hydrogens (primary N) is 1. The van der Waals surface area contributed by atoms with E-state index in [4.69, 9.17) is 5.73 Å². The van der Waals surface area contributed by atoms with Gasteiger partial charge in [-0.05, 0) is 36.8 Å². The van der Waals surface area contributed by atoms with E-state index in [2.05, 4.69) is 38.1 Å². The summed E-state index contributed by atoms with van der Waals surface area (Å²) < 4.78 is 0. The lowest BCUT2D eigenvalue weighted by atomic mass is 9.91. The van der Waals surface area contributed by atoms with Gasteiger partial charge in [0.15, 0.2) is 0 Å². The molecule has 1 fully saturated rings. The molecule has 0 aromatic heterocycles. The summed E-state index contributed by atoms with van der Waals surface area (Å²) >= 11 is 0. The largest absolute Gasteiger partial charge is 0.334 e. The Bertz CT molecular complexity index is 458. The van der Waals surface area contributed by atoms with E-state index in [9.17, 15) is 4.79 Å². The van der Waals surface area contributed by atoms with Crippen molar-refractivity contribution in [3.8, 4) is 0 Å². The molecule has 1 amide bonds. The number of likely N-dealkylation sites (tertiary alicyclic amines) is 1. The Hall–Kier alpha value is -1.35. The highest BCUT2D eigenvalue weighted by Crippen LogP contribution is 2.32. The minimum Gasteiger partial charge on any atom is -0.334 e. The molecule has 3 heteroatoms. The van der Waals surface area contributed by atoms with Gasteiger partial charge in [-0.1, -0.05) is 38.1 Å². The van der Waals surface area contributed by atoms with E-state index in [0.717, 1.165) is 32.2 Å². The van der Waals surface area contributed by atoms with E-state index < -0.39 is 0 Å². The van der Waals surface area contributed by atoms with Crippen LogP contribution in [0, 0.1) is 0 Å². The SMILES string of the molecule is CCCN1C(=O)CCCC(N)C1c1ccccc1CC. The first-order valence-corrected chi connectivity index (χ1v) is 7.81. The fourth-order valence-electron chi connectivity index (χ4n) is 3.22. The van der Waals surface area contributed by atoms with Crippen molar-refractivity contribution >= 4 is 5.91 Å². The summed E-state index contributed by atoms with van der Waals surface area (Å²) in [5.74, 6) is 0.260. The molecular formula is C17H26N2O. The Labute approximate surface area is 122 Å². The summed E-state index contributed by atoms with van der Waals surface area (Å²) in [4.78, 5) is 14.4. The summed E-state index contributed by atoms with van der Waals surface area (Å²) in [6, 6.07) is 8.51. The minimum atomic E-state index is 0.0423. The van der Waals surface area contributed by atoms with Crippen LogP contribution in [0.4, 0.5) is 0 Å². The number of carbonyl (C=O) groups is 1. The standard InChI is InChI=1S/C17H26N2O/c1-3-12-19-16(20)11-7-10-15(18)17(19)14-9-6-5-8-13(14)4-2/h5-6,8-9,15,17H,3-4,7,10-12,18H2,1-2H3. The van der Waals surface area contributed by atoms with Crippen molar-refractivity contribution in [1.29, 1.82) is 0 Å². The molecule has 1 aromatic rings. The average Bonchev–Trinajstić information content (AvgIpc) is 2.59. The van der Waals surface area contributed by atoms with E-state index in [1.165, 1.54) is 11.1 Å². The van der Waals surface area contributed by atoms with Gasteiger partial charge in [-0.15, -0.1) is 0 Å². The van der Waals surface area contributed by atoms with Crippen LogP contribution in [-0.4, -0.2) is 23.4 Å². The Morgan fingerprint density at radius 3 is 2.75 bits per heavy atom. The Morgan fingerprint density at radius 2 is 2.05 bits per heavy atom. The zero-order chi connectivity index (χ0) is 14.5. The van der Waals surface area contributed by atoms with Gasteiger partial charge < -0.3 is 10.6 Å². The summed E-state index contributed by atoms with van der Waals surface area (Å²) in [5, 5.41) is 0. The lowest BCUT2D eigenvalue weighted by Crippen LogP contribution is -2.43. The highest BCUT2D eigenvalue weighted by Gasteiger charge is 2.33. The molecular weight excluding hydrogens is 248 g/mol. The normalized spacial score (nSPS) is 23.8. The van der Waals surface area contributed by atoms with Crippen LogP contribution in [0.3, 0.4) is 0 Å². The smallest absolute Gasteiger partial charge is 0.223 e. The molecule has 0 spiro atoms. The maximum atomic E-state index is 12.4. The van der Waals surface area contributed by atoms with Crippen LogP contribution in [0.1, 0.15) is 56.7 Å². The van der Waals surface area contributed by atoms with Crippen LogP contribution in [0.15, 0.2) is 24.3 Å². The van der Waals surface area contributed by atoms with Crippen molar-refractivity contribution in [2.75, 3.05) is 6.54 Å². The molecule has 20 heavy (non-hydrogen) atoms. The number of carbonyl (C=O) groups excluding carboxylic acids is 1. The first-order valence-electron chi connectivity index (χ1n) is 7.81. The first kappa shape index (κ1) is 15.0. The quantitative estimate of drug-likeness (QED) is 0.917. The second kappa shape index (κ2) is 6.89. The number of rotatable bonds is 4. The molecule has 3 nitrogen and oxygen atoms in total. The number of hydrogen-bond donors (Lipinski definition) is 1. The predicted octanol–water partition coefficient (Wildman–Crippen LogP) is 3.04. The molecule has 2 N–H and O–H groups in total. The summed E-state index contributed by atoms with van der Waals surface area (Å²) in [6.45, 7) is 5.08. The van der Waals surface area contributed by atoms with Gasteiger partial charge in [0.25, 0.3) is 0 Å². The molecule has 0 aliphatic carbocycles. The molecule has 1 aliphatic rings. The van der Waals surface area contributed by atoms with Crippen LogP contribution in [0.5, 0.6) is 0 Å². The number of hydrogen-bond acceptors (Lipinski definition) is 2. The molecule has 2 atom stereocenters. The fraction of sp³-hybridized carbons (Fsp3) is 0.588. The van der Waals surface area contributed by atoms with Gasteiger partial charge in [0, 0.05) is 19.0 Å². The highest BCUT2D eigenvalue weighted by atomic mass is 16.2. The van der Waals surface area contributed by atoms with Crippen molar-refractivity contribution in [3.05, 3.63) is 35.4 Å². The van der Waals surface area contributed by atoms with Crippen molar-refractivity contribution in [1.82, 2.24) is 4.90 Å². The van der Waals surface area contributed by atoms with Gasteiger partial charge >= 0.3 is 0 Å². The Balaban J connectivity index is 2.43. The van der Waals surface area contributed by atoms with Gasteiger partial charge in [-0.25, -0.2) is 0 Å². The monoisotopic (exact) mass is 274 g/mol. The first-order chi connectivity index (χ1) is 9.69. The van der Waals surface area contributed by atoms with Gasteiger partial charge in [0.05, 0.1) is 6.04 Å². The fourth-order valence-corrected chi connectivity index (χ4v) is 3.22. The summed E-state index contributed by atoms with van der Waals surface area (Å²) in [5.41, 5.74) is 8.97. The number of benzene rings is 1. The van der Waals surface area contributed by atoms with E-state index in [1.54, 1.807) is 0 Å². The van der Waals surface area contributed by atoms with E-state index >= 15 is 0 Å². The summed E-state index contributed by atoms with van der Waals surface area (Å²) in [7, 11) is 0. The zero-order valence-corrected chi connectivity index (χ0v) is 12.6. The molecule has 0 radical (unpaired) electrons. The van der Waals surface area contributed by atoms with Crippen molar-refractivity contribution in [2.24, 2.45) is 5.73 Å². The highest BCUT2D eigenvalue weighted by molar-refractivity contribution is 5.77. The lowest BCUT2D eigenvalue weighted by Gasteiger charge is -2.35. The molecule has 1 saturated heterocycles. The van der Waals surface area contributed by atoms with E-state index in [1.807, 2.05) is 4.90 Å². The third kappa shape index (κ3) is 3.04. The van der Waals surface area contributed by atoms with Crippen LogP contribution in [0.2, 0.25) is 0 Å². The number of aryl methyl sites for hydroxylation is 1. The summed E-state index contributed by atoms with van der Waals surface area (Å²) in [6.07, 6.45) is 4.43. The van der Waals surface area contributed by atoms with E-state index in [0.29, 0.717) is 6.42 Å². The molecule has 1 aliphatic heterocycles. The van der Waals surface area contributed by atoms with E-state index in [-0.39, 0.29) is 18.0 Å². The molecule has 1 heterocycles. The second-order valence-electron chi connectivity index (χ2n) is 5.64. The molecule has 1 aromatic carbocycles. The zero-order valence-electron chi connectivity index (χ0n) is 12.6. The Morgan fingerprint density at radius 1 is 1.30 bits per heavy atom. The number of amides is 1. The van der Waals surface area contributed by atoms with Crippen LogP contribution < -0.4 is 5.73 Å². The molecule has 2 rings (SSSR count). The maximum Gasteiger partial charge on any atom is 0.223 e. The predicted molar refractivity (Wildman–Crippen MR) is 82.4 cm³/mol. The average molecular weight is 274 g/mol. The second-order valence-corrected chi connectivity index (χ2v) is 5.64. The molecule has 2 unspecified atom stereocenters. The van der Waals surface area contributed by atoms with Crippen molar-refractivity contribution in [3.63, 3.8) is 0 Å². The molecule has 110 valence electrons. The van der Waals surface area contributed by atoms with Gasteiger partial charge in [0.2, 0.25) is 5.91 Å². The number of nitrogens with zero attached hydrogens (tertiary/aromatic N) is 1. The third-order valence-corrected chi connectivity index (χ3v) is 4.21. The topological polar surface area (TPSA) is 46.3 Å². The Kier molecular flexibility index (Phi) is 5.18. The van der Waals surface area contributed by atoms with Crippen LogP contribution >= 0.6 is 0 Å². The maximum absolute atomic E-state index is 12.4. The molecule has 0 saturated carbocycles. The lowest BCUT2D eigenvalue weighted by molar-refractivity contribution is -0.133. The minimum absolute atomic E-state index is 0.0423. The van der Waals surface area contributed by atoms with Gasteiger partial charge in [-0.2, -0.15) is 0 Å². The van der Waals surface area contributed by atoms with Crippen LogP contribution in [-0.2, 0) is 11.2 Å². The van der Waals surface area contributed by atoms with Gasteiger partial charge in [-0.3, -0.25) is 4.79 Å². The van der Waals surface area contributed by atoms with Crippen molar-refractivity contribution in [2.45, 2.75) is 58.0 Å². The van der Waals surface area contributed by atoms with Crippen molar-refractivity contribution < 1.29 is 4.79 Å². The molecule has 0 bridgehead atoms.